The maximum Gasteiger partial charge on any atom is 0.224 e. The van der Waals surface area contributed by atoms with E-state index in [4.69, 9.17) is 10.00 Å². The predicted octanol–water partition coefficient (Wildman–Crippen LogP) is 2.03. The van der Waals surface area contributed by atoms with Crippen LogP contribution in [-0.2, 0) is 16.0 Å². The van der Waals surface area contributed by atoms with Crippen LogP contribution in [-0.4, -0.2) is 25.7 Å². The third kappa shape index (κ3) is 6.58. The second-order valence-corrected chi connectivity index (χ2v) is 4.30. The average molecular weight is 260 g/mol. The van der Waals surface area contributed by atoms with Gasteiger partial charge in [-0.3, -0.25) is 4.79 Å². The standard InChI is InChI=1S/C15H20N2O2/c1-2-9-19-10-3-8-17-15(18)11-13-4-6-14(12-16)7-5-13/h4-7H,2-3,8-11H2,1H3,(H,17,18). The van der Waals surface area contributed by atoms with Crippen molar-refractivity contribution in [1.29, 1.82) is 5.26 Å². The van der Waals surface area contributed by atoms with E-state index in [0.29, 0.717) is 25.1 Å². The molecule has 4 nitrogen and oxygen atoms in total. The number of nitrogens with zero attached hydrogens (tertiary/aromatic N) is 1. The lowest BCUT2D eigenvalue weighted by Gasteiger charge is -2.06. The van der Waals surface area contributed by atoms with Gasteiger partial charge in [-0.1, -0.05) is 19.1 Å². The fourth-order valence-corrected chi connectivity index (χ4v) is 1.59. The zero-order valence-corrected chi connectivity index (χ0v) is 11.3. The summed E-state index contributed by atoms with van der Waals surface area (Å²) in [6, 6.07) is 9.11. The number of rotatable bonds is 8. The fourth-order valence-electron chi connectivity index (χ4n) is 1.59. The number of hydrogen-bond donors (Lipinski definition) is 1. The van der Waals surface area contributed by atoms with E-state index in [9.17, 15) is 4.79 Å². The molecule has 0 spiro atoms. The second kappa shape index (κ2) is 9.12. The van der Waals surface area contributed by atoms with Crippen LogP contribution in [0.3, 0.4) is 0 Å². The molecule has 4 heteroatoms. The highest BCUT2D eigenvalue weighted by Gasteiger charge is 2.02. The first-order valence-corrected chi connectivity index (χ1v) is 6.59. The number of hydrogen-bond acceptors (Lipinski definition) is 3. The van der Waals surface area contributed by atoms with E-state index in [1.54, 1.807) is 12.1 Å². The Morgan fingerprint density at radius 2 is 2.05 bits per heavy atom. The number of amides is 1. The molecule has 102 valence electrons. The van der Waals surface area contributed by atoms with Crippen LogP contribution in [0.25, 0.3) is 0 Å². The Morgan fingerprint density at radius 1 is 1.32 bits per heavy atom. The molecule has 0 atom stereocenters. The molecule has 0 aromatic heterocycles. The van der Waals surface area contributed by atoms with Gasteiger partial charge in [0.2, 0.25) is 5.91 Å². The van der Waals surface area contributed by atoms with Crippen LogP contribution in [0, 0.1) is 11.3 Å². The normalized spacial score (nSPS) is 9.89. The van der Waals surface area contributed by atoms with Gasteiger partial charge in [-0.2, -0.15) is 5.26 Å². The minimum atomic E-state index is 0.000184. The smallest absolute Gasteiger partial charge is 0.224 e. The van der Waals surface area contributed by atoms with Crippen molar-refractivity contribution in [2.24, 2.45) is 0 Å². The predicted molar refractivity (Wildman–Crippen MR) is 73.6 cm³/mol. The van der Waals surface area contributed by atoms with E-state index in [1.165, 1.54) is 0 Å². The van der Waals surface area contributed by atoms with Crippen LogP contribution < -0.4 is 5.32 Å². The summed E-state index contributed by atoms with van der Waals surface area (Å²) in [5.41, 5.74) is 1.52. The highest BCUT2D eigenvalue weighted by atomic mass is 16.5. The van der Waals surface area contributed by atoms with Crippen LogP contribution in [0.5, 0.6) is 0 Å². The zero-order valence-electron chi connectivity index (χ0n) is 11.3. The molecule has 0 aliphatic rings. The topological polar surface area (TPSA) is 62.1 Å². The molecule has 0 unspecified atom stereocenters. The zero-order chi connectivity index (χ0) is 13.9. The summed E-state index contributed by atoms with van der Waals surface area (Å²) in [5, 5.41) is 11.5. The van der Waals surface area contributed by atoms with Crippen molar-refractivity contribution in [3.63, 3.8) is 0 Å². The molecule has 0 fully saturated rings. The molecule has 1 rings (SSSR count). The Labute approximate surface area is 114 Å². The van der Waals surface area contributed by atoms with E-state index >= 15 is 0 Å². The summed E-state index contributed by atoms with van der Waals surface area (Å²) < 4.78 is 5.33. The highest BCUT2D eigenvalue weighted by Crippen LogP contribution is 2.03. The van der Waals surface area contributed by atoms with E-state index in [1.807, 2.05) is 12.1 Å². The molecule has 0 aliphatic carbocycles. The van der Waals surface area contributed by atoms with E-state index in [0.717, 1.165) is 25.0 Å². The molecule has 0 aliphatic heterocycles. The van der Waals surface area contributed by atoms with Crippen molar-refractivity contribution in [1.82, 2.24) is 5.32 Å². The van der Waals surface area contributed by atoms with Crippen molar-refractivity contribution in [3.05, 3.63) is 35.4 Å². The number of nitriles is 1. The minimum Gasteiger partial charge on any atom is -0.381 e. The van der Waals surface area contributed by atoms with Gasteiger partial charge in [0.05, 0.1) is 18.1 Å². The summed E-state index contributed by atoms with van der Waals surface area (Å²) in [6.07, 6.45) is 2.20. The van der Waals surface area contributed by atoms with Gasteiger partial charge in [0, 0.05) is 19.8 Å². The SMILES string of the molecule is CCCOCCCNC(=O)Cc1ccc(C#N)cc1. The van der Waals surface area contributed by atoms with E-state index in [2.05, 4.69) is 18.3 Å². The van der Waals surface area contributed by atoms with Crippen LogP contribution in [0.2, 0.25) is 0 Å². The van der Waals surface area contributed by atoms with Gasteiger partial charge in [0.25, 0.3) is 0 Å². The Kier molecular flexibility index (Phi) is 7.30. The highest BCUT2D eigenvalue weighted by molar-refractivity contribution is 5.78. The Morgan fingerprint density at radius 3 is 2.68 bits per heavy atom. The molecule has 0 saturated carbocycles. The number of carbonyl (C=O) groups is 1. The number of carbonyl (C=O) groups excluding carboxylic acids is 1. The van der Waals surface area contributed by atoms with Crippen molar-refractivity contribution in [2.75, 3.05) is 19.8 Å². The first-order valence-electron chi connectivity index (χ1n) is 6.59. The van der Waals surface area contributed by atoms with Crippen molar-refractivity contribution >= 4 is 5.91 Å². The molecule has 1 aromatic rings. The lowest BCUT2D eigenvalue weighted by atomic mass is 10.1. The van der Waals surface area contributed by atoms with Crippen LogP contribution >= 0.6 is 0 Å². The fraction of sp³-hybridized carbons (Fsp3) is 0.467. The molecular weight excluding hydrogens is 240 g/mol. The Bertz CT molecular complexity index is 421. The number of benzene rings is 1. The van der Waals surface area contributed by atoms with Gasteiger partial charge in [-0.05, 0) is 30.5 Å². The molecule has 1 N–H and O–H groups in total. The molecule has 1 amide bonds. The lowest BCUT2D eigenvalue weighted by Crippen LogP contribution is -2.26. The molecule has 0 saturated heterocycles. The molecular formula is C15H20N2O2. The number of nitrogens with one attached hydrogen (secondary N) is 1. The third-order valence-electron chi connectivity index (χ3n) is 2.58. The summed E-state index contributed by atoms with van der Waals surface area (Å²) in [4.78, 5) is 11.6. The van der Waals surface area contributed by atoms with Gasteiger partial charge >= 0.3 is 0 Å². The van der Waals surface area contributed by atoms with Gasteiger partial charge < -0.3 is 10.1 Å². The largest absolute Gasteiger partial charge is 0.381 e. The van der Waals surface area contributed by atoms with Crippen molar-refractivity contribution in [3.8, 4) is 6.07 Å². The Balaban J connectivity index is 2.18. The number of ether oxygens (including phenoxy) is 1. The molecule has 0 bridgehead atoms. The average Bonchev–Trinajstić information content (AvgIpc) is 2.43. The summed E-state index contributed by atoms with van der Waals surface area (Å²) >= 11 is 0. The van der Waals surface area contributed by atoms with E-state index < -0.39 is 0 Å². The molecule has 1 aromatic carbocycles. The van der Waals surface area contributed by atoms with E-state index in [-0.39, 0.29) is 5.91 Å². The monoisotopic (exact) mass is 260 g/mol. The quantitative estimate of drug-likeness (QED) is 0.727. The Hall–Kier alpha value is -1.86. The van der Waals surface area contributed by atoms with Gasteiger partial charge in [0.15, 0.2) is 0 Å². The van der Waals surface area contributed by atoms with Gasteiger partial charge in [0.1, 0.15) is 0 Å². The first kappa shape index (κ1) is 15.2. The maximum atomic E-state index is 11.6. The van der Waals surface area contributed by atoms with Crippen LogP contribution in [0.4, 0.5) is 0 Å². The summed E-state index contributed by atoms with van der Waals surface area (Å²) in [6.45, 7) is 4.17. The summed E-state index contributed by atoms with van der Waals surface area (Å²) in [5.74, 6) is 0.000184. The van der Waals surface area contributed by atoms with Gasteiger partial charge in [-0.25, -0.2) is 0 Å². The lowest BCUT2D eigenvalue weighted by molar-refractivity contribution is -0.120. The van der Waals surface area contributed by atoms with Crippen LogP contribution in [0.1, 0.15) is 30.9 Å². The van der Waals surface area contributed by atoms with Crippen molar-refractivity contribution in [2.45, 2.75) is 26.2 Å². The van der Waals surface area contributed by atoms with Crippen molar-refractivity contribution < 1.29 is 9.53 Å². The molecule has 19 heavy (non-hydrogen) atoms. The van der Waals surface area contributed by atoms with Crippen LogP contribution in [0.15, 0.2) is 24.3 Å². The maximum absolute atomic E-state index is 11.6. The third-order valence-corrected chi connectivity index (χ3v) is 2.58. The minimum absolute atomic E-state index is 0.000184. The molecule has 0 radical (unpaired) electrons. The first-order chi connectivity index (χ1) is 9.26. The summed E-state index contributed by atoms with van der Waals surface area (Å²) in [7, 11) is 0. The molecule has 0 heterocycles. The second-order valence-electron chi connectivity index (χ2n) is 4.30. The van der Waals surface area contributed by atoms with Gasteiger partial charge in [-0.15, -0.1) is 0 Å².